The molecule has 76 valence electrons. The molecule has 0 bridgehead atoms. The van der Waals surface area contributed by atoms with Crippen molar-refractivity contribution in [2.24, 2.45) is 4.99 Å². The number of methoxy groups -OCH3 is 1. The number of aliphatic hydroxyl groups is 1. The number of hydrogen-bond donors (Lipinski definition) is 2. The number of aliphatic imine (C=N–C) groups is 1. The van der Waals surface area contributed by atoms with Gasteiger partial charge in [0.25, 0.3) is 0 Å². The lowest BCUT2D eigenvalue weighted by Crippen LogP contribution is -2.41. The molecular formula is C9H18N2O2. The number of nitrogens with zero attached hydrogens (tertiary/aromatic N) is 1. The molecular weight excluding hydrogens is 168 g/mol. The third-order valence-electron chi connectivity index (χ3n) is 2.08. The van der Waals surface area contributed by atoms with Gasteiger partial charge in [-0.05, 0) is 12.8 Å². The van der Waals surface area contributed by atoms with E-state index in [4.69, 9.17) is 9.84 Å². The lowest BCUT2D eigenvalue weighted by atomic mass is 10.1. The van der Waals surface area contributed by atoms with Crippen LogP contribution in [-0.4, -0.2) is 43.9 Å². The van der Waals surface area contributed by atoms with Crippen LogP contribution in [0.1, 0.15) is 19.3 Å². The molecule has 1 heterocycles. The second-order valence-corrected chi connectivity index (χ2v) is 3.26. The molecule has 2 N–H and O–H groups in total. The van der Waals surface area contributed by atoms with Gasteiger partial charge in [-0.3, -0.25) is 4.99 Å². The fourth-order valence-corrected chi connectivity index (χ4v) is 1.39. The van der Waals surface area contributed by atoms with Crippen LogP contribution in [0.3, 0.4) is 0 Å². The fourth-order valence-electron chi connectivity index (χ4n) is 1.39. The monoisotopic (exact) mass is 186 g/mol. The van der Waals surface area contributed by atoms with Gasteiger partial charge >= 0.3 is 0 Å². The average molecular weight is 186 g/mol. The van der Waals surface area contributed by atoms with Crippen molar-refractivity contribution in [3.8, 4) is 0 Å². The highest BCUT2D eigenvalue weighted by atomic mass is 16.5. The predicted octanol–water partition coefficient (Wildman–Crippen LogP) is 0.166. The second-order valence-electron chi connectivity index (χ2n) is 3.26. The van der Waals surface area contributed by atoms with Gasteiger partial charge < -0.3 is 15.2 Å². The van der Waals surface area contributed by atoms with E-state index < -0.39 is 0 Å². The van der Waals surface area contributed by atoms with Crippen molar-refractivity contribution < 1.29 is 9.84 Å². The van der Waals surface area contributed by atoms with E-state index in [0.717, 1.165) is 18.8 Å². The van der Waals surface area contributed by atoms with E-state index in [0.29, 0.717) is 6.61 Å². The summed E-state index contributed by atoms with van der Waals surface area (Å²) in [6.07, 6.45) is 3.37. The van der Waals surface area contributed by atoms with E-state index in [1.165, 1.54) is 12.8 Å². The Morgan fingerprint density at radius 2 is 2.46 bits per heavy atom. The first-order valence-corrected chi connectivity index (χ1v) is 4.76. The Balaban J connectivity index is 2.31. The standard InChI is InChI=1S/C9H18N2O2/c1-13-7-8(6-12)11-9-4-2-3-5-10-9/h8,12H,2-7H2,1H3,(H,10,11). The first-order chi connectivity index (χ1) is 6.36. The largest absolute Gasteiger partial charge is 0.394 e. The zero-order chi connectivity index (χ0) is 9.52. The van der Waals surface area contributed by atoms with Crippen LogP contribution < -0.4 is 5.32 Å². The van der Waals surface area contributed by atoms with Crippen molar-refractivity contribution in [1.29, 1.82) is 0 Å². The Hall–Kier alpha value is -0.610. The molecule has 1 rings (SSSR count). The SMILES string of the molecule is COCC(CO)NC1=NCCCC1. The molecule has 0 saturated carbocycles. The van der Waals surface area contributed by atoms with Gasteiger partial charge in [0, 0.05) is 20.1 Å². The molecule has 0 spiro atoms. The van der Waals surface area contributed by atoms with E-state index in [1.54, 1.807) is 7.11 Å². The number of aliphatic hydroxyl groups excluding tert-OH is 1. The third kappa shape index (κ3) is 3.74. The van der Waals surface area contributed by atoms with Crippen LogP contribution in [-0.2, 0) is 4.74 Å². The van der Waals surface area contributed by atoms with Gasteiger partial charge in [-0.2, -0.15) is 0 Å². The van der Waals surface area contributed by atoms with Gasteiger partial charge in [0.15, 0.2) is 0 Å². The minimum atomic E-state index is -0.0122. The Labute approximate surface area is 79.0 Å². The van der Waals surface area contributed by atoms with E-state index in [-0.39, 0.29) is 12.6 Å². The highest BCUT2D eigenvalue weighted by molar-refractivity contribution is 5.82. The summed E-state index contributed by atoms with van der Waals surface area (Å²) in [7, 11) is 1.63. The molecule has 0 aromatic carbocycles. The molecule has 4 nitrogen and oxygen atoms in total. The maximum absolute atomic E-state index is 8.99. The summed E-state index contributed by atoms with van der Waals surface area (Å²) >= 11 is 0. The van der Waals surface area contributed by atoms with E-state index in [9.17, 15) is 0 Å². The van der Waals surface area contributed by atoms with Crippen LogP contribution in [0, 0.1) is 0 Å². The molecule has 1 aliphatic heterocycles. The topological polar surface area (TPSA) is 53.9 Å². The Morgan fingerprint density at radius 3 is 3.00 bits per heavy atom. The average Bonchev–Trinajstić information content (AvgIpc) is 2.19. The van der Waals surface area contributed by atoms with Gasteiger partial charge in [0.1, 0.15) is 0 Å². The van der Waals surface area contributed by atoms with Crippen molar-refractivity contribution in [2.75, 3.05) is 26.9 Å². The summed E-state index contributed by atoms with van der Waals surface area (Å²) in [5, 5.41) is 12.2. The number of nitrogens with one attached hydrogen (secondary N) is 1. The predicted molar refractivity (Wildman–Crippen MR) is 52.0 cm³/mol. The van der Waals surface area contributed by atoms with Crippen LogP contribution in [0.25, 0.3) is 0 Å². The second kappa shape index (κ2) is 5.94. The first kappa shape index (κ1) is 10.5. The molecule has 0 saturated heterocycles. The van der Waals surface area contributed by atoms with Crippen molar-refractivity contribution in [3.05, 3.63) is 0 Å². The zero-order valence-electron chi connectivity index (χ0n) is 8.12. The maximum atomic E-state index is 8.99. The molecule has 1 aliphatic rings. The fraction of sp³-hybridized carbons (Fsp3) is 0.889. The normalized spacial score (nSPS) is 19.4. The summed E-state index contributed by atoms with van der Waals surface area (Å²) < 4.78 is 4.96. The molecule has 0 aliphatic carbocycles. The molecule has 0 aromatic heterocycles. The summed E-state index contributed by atoms with van der Waals surface area (Å²) in [5.74, 6) is 1.02. The van der Waals surface area contributed by atoms with Crippen LogP contribution in [0.4, 0.5) is 0 Å². The molecule has 0 radical (unpaired) electrons. The van der Waals surface area contributed by atoms with Crippen LogP contribution in [0.15, 0.2) is 4.99 Å². The zero-order valence-corrected chi connectivity index (χ0v) is 8.12. The van der Waals surface area contributed by atoms with Gasteiger partial charge in [0.2, 0.25) is 0 Å². The van der Waals surface area contributed by atoms with Gasteiger partial charge in [-0.15, -0.1) is 0 Å². The van der Waals surface area contributed by atoms with Gasteiger partial charge in [-0.25, -0.2) is 0 Å². The summed E-state index contributed by atoms with van der Waals surface area (Å²) in [6.45, 7) is 1.52. The molecule has 4 heteroatoms. The Bertz CT molecular complexity index is 171. The number of amidine groups is 1. The smallest absolute Gasteiger partial charge is 0.0966 e. The van der Waals surface area contributed by atoms with Crippen LogP contribution >= 0.6 is 0 Å². The number of ether oxygens (including phenoxy) is 1. The van der Waals surface area contributed by atoms with Crippen molar-refractivity contribution in [2.45, 2.75) is 25.3 Å². The molecule has 0 fully saturated rings. The van der Waals surface area contributed by atoms with Gasteiger partial charge in [-0.1, -0.05) is 0 Å². The first-order valence-electron chi connectivity index (χ1n) is 4.76. The Kier molecular flexibility index (Phi) is 4.78. The summed E-state index contributed by atoms with van der Waals surface area (Å²) in [5.41, 5.74) is 0. The highest BCUT2D eigenvalue weighted by Gasteiger charge is 2.10. The Morgan fingerprint density at radius 1 is 1.62 bits per heavy atom. The summed E-state index contributed by atoms with van der Waals surface area (Å²) in [6, 6.07) is -0.0122. The number of hydrogen-bond acceptors (Lipinski definition) is 4. The van der Waals surface area contributed by atoms with Gasteiger partial charge in [0.05, 0.1) is 25.1 Å². The van der Waals surface area contributed by atoms with Crippen molar-refractivity contribution in [1.82, 2.24) is 5.32 Å². The lowest BCUT2D eigenvalue weighted by molar-refractivity contribution is 0.137. The molecule has 1 unspecified atom stereocenters. The quantitative estimate of drug-likeness (QED) is 0.658. The molecule has 13 heavy (non-hydrogen) atoms. The van der Waals surface area contributed by atoms with E-state index in [2.05, 4.69) is 10.3 Å². The van der Waals surface area contributed by atoms with Crippen molar-refractivity contribution in [3.63, 3.8) is 0 Å². The molecule has 1 atom stereocenters. The number of rotatable bonds is 4. The molecule has 0 aromatic rings. The summed E-state index contributed by atoms with van der Waals surface area (Å²) in [4.78, 5) is 4.34. The molecule has 0 amide bonds. The van der Waals surface area contributed by atoms with Crippen LogP contribution in [0.2, 0.25) is 0 Å². The highest BCUT2D eigenvalue weighted by Crippen LogP contribution is 2.04. The minimum Gasteiger partial charge on any atom is -0.394 e. The lowest BCUT2D eigenvalue weighted by Gasteiger charge is -2.20. The maximum Gasteiger partial charge on any atom is 0.0966 e. The van der Waals surface area contributed by atoms with E-state index >= 15 is 0 Å². The van der Waals surface area contributed by atoms with Crippen LogP contribution in [0.5, 0.6) is 0 Å². The third-order valence-corrected chi connectivity index (χ3v) is 2.08. The van der Waals surface area contributed by atoms with Crippen molar-refractivity contribution >= 4 is 5.84 Å². The minimum absolute atomic E-state index is 0.0122. The van der Waals surface area contributed by atoms with E-state index in [1.807, 2.05) is 0 Å².